The van der Waals surface area contributed by atoms with E-state index in [-0.39, 0.29) is 11.8 Å². The van der Waals surface area contributed by atoms with Crippen molar-refractivity contribution in [3.8, 4) is 0 Å². The Labute approximate surface area is 189 Å². The van der Waals surface area contributed by atoms with Gasteiger partial charge in [0.15, 0.2) is 0 Å². The van der Waals surface area contributed by atoms with E-state index >= 15 is 0 Å². The van der Waals surface area contributed by atoms with Crippen molar-refractivity contribution in [2.45, 2.75) is 52.9 Å². The third-order valence-electron chi connectivity index (χ3n) is 5.32. The summed E-state index contributed by atoms with van der Waals surface area (Å²) in [6.45, 7) is 11.6. The number of benzene rings is 1. The standard InChI is InChI=1S/C25H33N3O2S/c1-6-10-20-23-24(21(31-20)11-7-2)28(22(29)14-15-27(5)16-17(3)4)19-13-9-8-12-18(19)26-25(23)30/h8-9,12-13H,3,6-7,10-11,14-16H2,1-2,4-5H3,(H,26,30). The van der Waals surface area contributed by atoms with Gasteiger partial charge in [-0.3, -0.25) is 14.5 Å². The Morgan fingerprint density at radius 3 is 2.52 bits per heavy atom. The highest BCUT2D eigenvalue weighted by Crippen LogP contribution is 2.45. The van der Waals surface area contributed by atoms with Crippen LogP contribution in [0.2, 0.25) is 0 Å². The molecule has 0 spiro atoms. The van der Waals surface area contributed by atoms with Crippen LogP contribution in [0.4, 0.5) is 17.1 Å². The van der Waals surface area contributed by atoms with Crippen LogP contribution in [-0.4, -0.2) is 36.9 Å². The molecule has 0 saturated heterocycles. The van der Waals surface area contributed by atoms with Gasteiger partial charge in [-0.1, -0.05) is 51.0 Å². The molecule has 6 heteroatoms. The van der Waals surface area contributed by atoms with Gasteiger partial charge in [-0.2, -0.15) is 0 Å². The maximum absolute atomic E-state index is 13.6. The number of aryl methyl sites for hydroxylation is 2. The first-order valence-electron chi connectivity index (χ1n) is 11.1. The second-order valence-electron chi connectivity index (χ2n) is 8.32. The van der Waals surface area contributed by atoms with Crippen LogP contribution < -0.4 is 10.2 Å². The molecule has 0 aliphatic carbocycles. The van der Waals surface area contributed by atoms with Crippen molar-refractivity contribution < 1.29 is 9.59 Å². The van der Waals surface area contributed by atoms with Gasteiger partial charge >= 0.3 is 0 Å². The average Bonchev–Trinajstić information content (AvgIpc) is 2.98. The summed E-state index contributed by atoms with van der Waals surface area (Å²) in [5.41, 5.74) is 3.97. The number of rotatable bonds is 9. The number of fused-ring (bicyclic) bond motifs is 2. The number of hydrogen-bond donors (Lipinski definition) is 1. The molecular weight excluding hydrogens is 406 g/mol. The van der Waals surface area contributed by atoms with Crippen LogP contribution in [0, 0.1) is 0 Å². The van der Waals surface area contributed by atoms with Crippen LogP contribution in [0.1, 0.15) is 60.1 Å². The molecule has 1 aliphatic rings. The van der Waals surface area contributed by atoms with E-state index < -0.39 is 0 Å². The van der Waals surface area contributed by atoms with Crippen LogP contribution >= 0.6 is 11.3 Å². The number of nitrogens with zero attached hydrogens (tertiary/aromatic N) is 2. The molecule has 0 atom stereocenters. The van der Waals surface area contributed by atoms with E-state index in [2.05, 4.69) is 30.6 Å². The Bertz CT molecular complexity index is 979. The molecule has 1 N–H and O–H groups in total. The highest BCUT2D eigenvalue weighted by molar-refractivity contribution is 7.13. The first kappa shape index (κ1) is 23.2. The largest absolute Gasteiger partial charge is 0.320 e. The minimum Gasteiger partial charge on any atom is -0.320 e. The normalized spacial score (nSPS) is 12.9. The Morgan fingerprint density at radius 2 is 1.84 bits per heavy atom. The molecule has 166 valence electrons. The molecule has 2 aromatic rings. The zero-order valence-electron chi connectivity index (χ0n) is 19.1. The predicted molar refractivity (Wildman–Crippen MR) is 131 cm³/mol. The van der Waals surface area contributed by atoms with Crippen molar-refractivity contribution in [3.05, 3.63) is 51.7 Å². The van der Waals surface area contributed by atoms with E-state index in [4.69, 9.17) is 0 Å². The molecule has 2 amide bonds. The summed E-state index contributed by atoms with van der Waals surface area (Å²) < 4.78 is 0. The lowest BCUT2D eigenvalue weighted by Crippen LogP contribution is -2.31. The first-order chi connectivity index (χ1) is 14.9. The number of hydrogen-bond acceptors (Lipinski definition) is 4. The average molecular weight is 440 g/mol. The fraction of sp³-hybridized carbons (Fsp3) is 0.440. The van der Waals surface area contributed by atoms with Gasteiger partial charge in [-0.25, -0.2) is 0 Å². The van der Waals surface area contributed by atoms with Crippen LogP contribution in [-0.2, 0) is 17.6 Å². The molecule has 3 rings (SSSR count). The maximum atomic E-state index is 13.6. The minimum absolute atomic E-state index is 0.0111. The lowest BCUT2D eigenvalue weighted by atomic mass is 10.1. The number of thiophene rings is 1. The molecule has 0 saturated carbocycles. The van der Waals surface area contributed by atoms with Gasteiger partial charge in [0.1, 0.15) is 0 Å². The molecule has 1 aliphatic heterocycles. The molecule has 5 nitrogen and oxygen atoms in total. The van der Waals surface area contributed by atoms with E-state index in [9.17, 15) is 9.59 Å². The Balaban J connectivity index is 2.09. The van der Waals surface area contributed by atoms with Crippen LogP contribution in [0.25, 0.3) is 0 Å². The van der Waals surface area contributed by atoms with Gasteiger partial charge in [0, 0.05) is 29.3 Å². The van der Waals surface area contributed by atoms with Crippen LogP contribution in [0.5, 0.6) is 0 Å². The number of para-hydroxylation sites is 2. The SMILES string of the molecule is C=C(C)CN(C)CCC(=O)N1c2ccccc2NC(=O)c2c(CCC)sc(CCC)c21. The number of nitrogens with one attached hydrogen (secondary N) is 1. The first-order valence-corrected chi connectivity index (χ1v) is 11.9. The van der Waals surface area contributed by atoms with Crippen molar-refractivity contribution in [2.24, 2.45) is 0 Å². The topological polar surface area (TPSA) is 52.7 Å². The molecule has 1 aromatic carbocycles. The number of likely N-dealkylation sites (N-methyl/N-ethyl adjacent to an activating group) is 1. The number of carbonyl (C=O) groups is 2. The monoisotopic (exact) mass is 439 g/mol. The fourth-order valence-electron chi connectivity index (χ4n) is 4.07. The Hall–Kier alpha value is -2.44. The molecule has 1 aromatic heterocycles. The second kappa shape index (κ2) is 10.2. The van der Waals surface area contributed by atoms with Crippen LogP contribution in [0.15, 0.2) is 36.4 Å². The van der Waals surface area contributed by atoms with Crippen molar-refractivity contribution in [2.75, 3.05) is 30.4 Å². The third kappa shape index (κ3) is 5.08. The van der Waals surface area contributed by atoms with Gasteiger partial charge < -0.3 is 10.2 Å². The molecule has 2 heterocycles. The molecular formula is C25H33N3O2S. The van der Waals surface area contributed by atoms with Crippen molar-refractivity contribution in [1.82, 2.24) is 4.90 Å². The summed E-state index contributed by atoms with van der Waals surface area (Å²) in [5.74, 6) is -0.101. The van der Waals surface area contributed by atoms with E-state index in [1.807, 2.05) is 38.2 Å². The van der Waals surface area contributed by atoms with E-state index in [0.717, 1.165) is 58.9 Å². The van der Waals surface area contributed by atoms with Gasteiger partial charge in [0.05, 0.1) is 22.6 Å². The smallest absolute Gasteiger partial charge is 0.259 e. The quantitative estimate of drug-likeness (QED) is 0.504. The van der Waals surface area contributed by atoms with Crippen molar-refractivity contribution in [1.29, 1.82) is 0 Å². The minimum atomic E-state index is -0.112. The zero-order chi connectivity index (χ0) is 22.5. The molecule has 0 fully saturated rings. The summed E-state index contributed by atoms with van der Waals surface area (Å²) in [4.78, 5) is 33.0. The van der Waals surface area contributed by atoms with Crippen molar-refractivity contribution >= 4 is 40.2 Å². The van der Waals surface area contributed by atoms with E-state index in [1.165, 1.54) is 0 Å². The molecule has 31 heavy (non-hydrogen) atoms. The second-order valence-corrected chi connectivity index (χ2v) is 9.51. The highest BCUT2D eigenvalue weighted by Gasteiger charge is 2.34. The van der Waals surface area contributed by atoms with E-state index in [0.29, 0.717) is 24.2 Å². The molecule has 0 bridgehead atoms. The predicted octanol–water partition coefficient (Wildman–Crippen LogP) is 5.78. The lowest BCUT2D eigenvalue weighted by Gasteiger charge is -2.25. The Morgan fingerprint density at radius 1 is 1.16 bits per heavy atom. The van der Waals surface area contributed by atoms with Gasteiger partial charge in [0.2, 0.25) is 5.91 Å². The lowest BCUT2D eigenvalue weighted by molar-refractivity contribution is -0.118. The number of anilines is 3. The van der Waals surface area contributed by atoms with Gasteiger partial charge in [-0.15, -0.1) is 11.3 Å². The highest BCUT2D eigenvalue weighted by atomic mass is 32.1. The third-order valence-corrected chi connectivity index (χ3v) is 6.62. The number of carbonyl (C=O) groups excluding carboxylic acids is 2. The van der Waals surface area contributed by atoms with E-state index in [1.54, 1.807) is 16.2 Å². The summed E-state index contributed by atoms with van der Waals surface area (Å²) in [6, 6.07) is 7.60. The Kier molecular flexibility index (Phi) is 7.68. The maximum Gasteiger partial charge on any atom is 0.259 e. The molecule has 0 unspecified atom stereocenters. The van der Waals surface area contributed by atoms with Crippen molar-refractivity contribution in [3.63, 3.8) is 0 Å². The fourth-order valence-corrected chi connectivity index (χ4v) is 5.56. The summed E-state index contributed by atoms with van der Waals surface area (Å²) in [5, 5.41) is 3.06. The van der Waals surface area contributed by atoms with Crippen LogP contribution in [0.3, 0.4) is 0 Å². The summed E-state index contributed by atoms with van der Waals surface area (Å²) in [7, 11) is 2.00. The summed E-state index contributed by atoms with van der Waals surface area (Å²) in [6.07, 6.45) is 3.98. The van der Waals surface area contributed by atoms with Gasteiger partial charge in [-0.05, 0) is 38.9 Å². The summed E-state index contributed by atoms with van der Waals surface area (Å²) >= 11 is 1.69. The zero-order valence-corrected chi connectivity index (χ0v) is 19.9. The molecule has 0 radical (unpaired) electrons. The van der Waals surface area contributed by atoms with Gasteiger partial charge in [0.25, 0.3) is 5.91 Å². The number of amides is 2.